The Morgan fingerprint density at radius 1 is 0.966 bits per heavy atom. The smallest absolute Gasteiger partial charge is 0.223 e. The van der Waals surface area contributed by atoms with Crippen molar-refractivity contribution in [3.05, 3.63) is 60.2 Å². The Bertz CT molecular complexity index is 795. The minimum absolute atomic E-state index is 0.106. The third-order valence-corrected chi connectivity index (χ3v) is 4.96. The summed E-state index contributed by atoms with van der Waals surface area (Å²) < 4.78 is 32.6. The lowest BCUT2D eigenvalue weighted by Crippen LogP contribution is -2.47. The van der Waals surface area contributed by atoms with Gasteiger partial charge in [-0.05, 0) is 37.2 Å². The van der Waals surface area contributed by atoms with E-state index in [9.17, 15) is 13.6 Å². The van der Waals surface area contributed by atoms with Gasteiger partial charge in [0.25, 0.3) is 0 Å². The van der Waals surface area contributed by atoms with Gasteiger partial charge in [-0.1, -0.05) is 24.3 Å². The van der Waals surface area contributed by atoms with Crippen LogP contribution in [0, 0.1) is 11.6 Å². The monoisotopic (exact) mass is 403 g/mol. The number of carbonyl (C=O) groups is 1. The average Bonchev–Trinajstić information content (AvgIpc) is 2.73. The van der Waals surface area contributed by atoms with Gasteiger partial charge >= 0.3 is 0 Å². The van der Waals surface area contributed by atoms with Gasteiger partial charge < -0.3 is 15.0 Å². The first-order valence-corrected chi connectivity index (χ1v) is 9.99. The van der Waals surface area contributed by atoms with Crippen LogP contribution in [0.5, 0.6) is 5.75 Å². The van der Waals surface area contributed by atoms with E-state index in [4.69, 9.17) is 4.74 Å². The van der Waals surface area contributed by atoms with Gasteiger partial charge in [0.15, 0.2) is 11.6 Å². The molecule has 0 radical (unpaired) electrons. The zero-order valence-corrected chi connectivity index (χ0v) is 16.4. The predicted molar refractivity (Wildman–Crippen MR) is 109 cm³/mol. The molecule has 0 saturated carbocycles. The number of amides is 1. The third-order valence-electron chi connectivity index (χ3n) is 4.96. The lowest BCUT2D eigenvalue weighted by atomic mass is 10.2. The van der Waals surface area contributed by atoms with Crippen molar-refractivity contribution >= 4 is 11.6 Å². The van der Waals surface area contributed by atoms with Crippen LogP contribution in [0.15, 0.2) is 48.5 Å². The minimum atomic E-state index is -0.428. The molecule has 0 aliphatic carbocycles. The summed E-state index contributed by atoms with van der Waals surface area (Å²) in [5, 5.41) is 2.87. The standard InChI is InChI=1S/C22H27F2N3O2/c23-18-6-1-3-8-20(18)27-15-13-26(14-16-27)12-5-11-25-22(28)10-17-29-21-9-4-2-7-19(21)24/h1-4,6-9H,5,10-17H2,(H,25,28). The molecule has 0 unspecified atom stereocenters. The van der Waals surface area contributed by atoms with Gasteiger partial charge in [-0.3, -0.25) is 9.69 Å². The van der Waals surface area contributed by atoms with Gasteiger partial charge in [0, 0.05) is 32.7 Å². The number of nitrogens with one attached hydrogen (secondary N) is 1. The number of para-hydroxylation sites is 2. The van der Waals surface area contributed by atoms with Crippen molar-refractivity contribution in [3.8, 4) is 5.75 Å². The summed E-state index contributed by atoms with van der Waals surface area (Å²) in [5.74, 6) is -0.550. The maximum absolute atomic E-state index is 13.9. The van der Waals surface area contributed by atoms with Crippen LogP contribution in [0.2, 0.25) is 0 Å². The molecule has 1 N–H and O–H groups in total. The zero-order valence-electron chi connectivity index (χ0n) is 16.4. The Labute approximate surface area is 170 Å². The molecule has 2 aromatic carbocycles. The summed E-state index contributed by atoms with van der Waals surface area (Å²) in [4.78, 5) is 16.3. The summed E-state index contributed by atoms with van der Waals surface area (Å²) in [6.07, 6.45) is 1.04. The highest BCUT2D eigenvalue weighted by Gasteiger charge is 2.18. The maximum Gasteiger partial charge on any atom is 0.223 e. The van der Waals surface area contributed by atoms with Gasteiger partial charge in [0.2, 0.25) is 5.91 Å². The molecule has 1 aliphatic rings. The highest BCUT2D eigenvalue weighted by Crippen LogP contribution is 2.20. The zero-order chi connectivity index (χ0) is 20.5. The fraction of sp³-hybridized carbons (Fsp3) is 0.409. The fourth-order valence-electron chi connectivity index (χ4n) is 3.35. The first kappa shape index (κ1) is 21.0. The maximum atomic E-state index is 13.9. The van der Waals surface area contributed by atoms with Crippen LogP contribution in [0.25, 0.3) is 0 Å². The lowest BCUT2D eigenvalue weighted by Gasteiger charge is -2.36. The first-order valence-electron chi connectivity index (χ1n) is 9.99. The van der Waals surface area contributed by atoms with Gasteiger partial charge in [-0.15, -0.1) is 0 Å². The highest BCUT2D eigenvalue weighted by molar-refractivity contribution is 5.75. The Balaban J connectivity index is 1.26. The van der Waals surface area contributed by atoms with Crippen LogP contribution in [0.3, 0.4) is 0 Å². The quantitative estimate of drug-likeness (QED) is 0.654. The Kier molecular flexibility index (Phi) is 7.81. The van der Waals surface area contributed by atoms with Gasteiger partial charge in [0.1, 0.15) is 5.82 Å². The van der Waals surface area contributed by atoms with E-state index < -0.39 is 5.82 Å². The molecule has 1 heterocycles. The third kappa shape index (κ3) is 6.42. The van der Waals surface area contributed by atoms with Crippen LogP contribution < -0.4 is 15.0 Å². The summed E-state index contributed by atoms with van der Waals surface area (Å²) in [5.41, 5.74) is 0.664. The number of hydrogen-bond acceptors (Lipinski definition) is 4. The molecule has 1 amide bonds. The molecular weight excluding hydrogens is 376 g/mol. The number of halogens is 2. The molecule has 0 atom stereocenters. The van der Waals surface area contributed by atoms with Crippen LogP contribution in [0.4, 0.5) is 14.5 Å². The summed E-state index contributed by atoms with van der Waals surface area (Å²) in [7, 11) is 0. The number of hydrogen-bond donors (Lipinski definition) is 1. The highest BCUT2D eigenvalue weighted by atomic mass is 19.1. The minimum Gasteiger partial charge on any atom is -0.490 e. The summed E-state index contributed by atoms with van der Waals surface area (Å²) >= 11 is 0. The molecule has 5 nitrogen and oxygen atoms in total. The molecule has 2 aromatic rings. The Morgan fingerprint density at radius 3 is 2.38 bits per heavy atom. The topological polar surface area (TPSA) is 44.8 Å². The van der Waals surface area contributed by atoms with Crippen LogP contribution in [0.1, 0.15) is 12.8 Å². The molecule has 3 rings (SSSR count). The van der Waals surface area contributed by atoms with Crippen LogP contribution in [-0.4, -0.2) is 56.7 Å². The van der Waals surface area contributed by atoms with E-state index in [-0.39, 0.29) is 30.5 Å². The Morgan fingerprint density at radius 2 is 1.66 bits per heavy atom. The van der Waals surface area contributed by atoms with Gasteiger partial charge in [0.05, 0.1) is 18.7 Å². The number of rotatable bonds is 9. The molecule has 1 saturated heterocycles. The second kappa shape index (κ2) is 10.8. The molecule has 0 bridgehead atoms. The van der Waals surface area contributed by atoms with E-state index in [0.717, 1.165) is 39.1 Å². The summed E-state index contributed by atoms with van der Waals surface area (Å²) in [6.45, 7) is 4.95. The number of piperazine rings is 1. The summed E-state index contributed by atoms with van der Waals surface area (Å²) in [6, 6.07) is 13.0. The van der Waals surface area contributed by atoms with Crippen LogP contribution in [-0.2, 0) is 4.79 Å². The number of carbonyl (C=O) groups excluding carboxylic acids is 1. The molecule has 7 heteroatoms. The first-order chi connectivity index (χ1) is 14.1. The van der Waals surface area contributed by atoms with Crippen LogP contribution >= 0.6 is 0 Å². The van der Waals surface area contributed by atoms with E-state index >= 15 is 0 Å². The van der Waals surface area contributed by atoms with Crippen molar-refractivity contribution < 1.29 is 18.3 Å². The number of nitrogens with zero attached hydrogens (tertiary/aromatic N) is 2. The van der Waals surface area contributed by atoms with Crippen molar-refractivity contribution in [1.82, 2.24) is 10.2 Å². The van der Waals surface area contributed by atoms with Gasteiger partial charge in [-0.2, -0.15) is 0 Å². The molecule has 1 fully saturated rings. The van der Waals surface area contributed by atoms with Crippen molar-refractivity contribution in [2.24, 2.45) is 0 Å². The molecule has 0 aromatic heterocycles. The number of benzene rings is 2. The molecule has 1 aliphatic heterocycles. The largest absolute Gasteiger partial charge is 0.490 e. The molecule has 0 spiro atoms. The predicted octanol–water partition coefficient (Wildman–Crippen LogP) is 3.06. The van der Waals surface area contributed by atoms with E-state index in [1.807, 2.05) is 12.1 Å². The van der Waals surface area contributed by atoms with E-state index in [1.165, 1.54) is 12.1 Å². The fourth-order valence-corrected chi connectivity index (χ4v) is 3.35. The molecule has 156 valence electrons. The number of ether oxygens (including phenoxy) is 1. The van der Waals surface area contributed by atoms with E-state index in [1.54, 1.807) is 24.3 Å². The van der Waals surface area contributed by atoms with E-state index in [2.05, 4.69) is 15.1 Å². The average molecular weight is 403 g/mol. The normalized spacial score (nSPS) is 14.6. The second-order valence-electron chi connectivity index (χ2n) is 7.01. The van der Waals surface area contributed by atoms with Crippen molar-refractivity contribution in [1.29, 1.82) is 0 Å². The molecule has 29 heavy (non-hydrogen) atoms. The number of anilines is 1. The Hall–Kier alpha value is -2.67. The van der Waals surface area contributed by atoms with E-state index in [0.29, 0.717) is 12.2 Å². The SMILES string of the molecule is O=C(CCOc1ccccc1F)NCCCN1CCN(c2ccccc2F)CC1. The molecular formula is C22H27F2N3O2. The second-order valence-corrected chi connectivity index (χ2v) is 7.01. The van der Waals surface area contributed by atoms with Crippen molar-refractivity contribution in [2.75, 3.05) is 50.8 Å². The lowest BCUT2D eigenvalue weighted by molar-refractivity contribution is -0.121. The van der Waals surface area contributed by atoms with Crippen molar-refractivity contribution in [3.63, 3.8) is 0 Å². The van der Waals surface area contributed by atoms with Gasteiger partial charge in [-0.25, -0.2) is 8.78 Å². The van der Waals surface area contributed by atoms with Crippen molar-refractivity contribution in [2.45, 2.75) is 12.8 Å².